The Morgan fingerprint density at radius 3 is 2.86 bits per heavy atom. The van der Waals surface area contributed by atoms with Crippen LogP contribution in [0.3, 0.4) is 0 Å². The fourth-order valence-electron chi connectivity index (χ4n) is 2.10. The zero-order chi connectivity index (χ0) is 16.1. The molecule has 1 amide bonds. The van der Waals surface area contributed by atoms with Crippen LogP contribution < -0.4 is 11.1 Å². The quantitative estimate of drug-likeness (QED) is 0.850. The first-order chi connectivity index (χ1) is 10.5. The van der Waals surface area contributed by atoms with E-state index < -0.39 is 0 Å². The number of rotatable bonds is 6. The molecule has 22 heavy (non-hydrogen) atoms. The van der Waals surface area contributed by atoms with Crippen LogP contribution in [-0.4, -0.2) is 36.4 Å². The summed E-state index contributed by atoms with van der Waals surface area (Å²) in [7, 11) is 3.77. The molecule has 1 aromatic carbocycles. The maximum atomic E-state index is 13.4. The Labute approximate surface area is 133 Å². The fraction of sp³-hybridized carbons (Fsp3) is 0.333. The molecule has 0 bridgehead atoms. The molecular formula is C15H19FN4OS. The molecule has 118 valence electrons. The number of carbonyl (C=O) groups excluding carboxylic acids is 1. The predicted molar refractivity (Wildman–Crippen MR) is 85.2 cm³/mol. The number of hydrogen-bond acceptors (Lipinski definition) is 5. The van der Waals surface area contributed by atoms with Gasteiger partial charge in [-0.2, -0.15) is 0 Å². The van der Waals surface area contributed by atoms with Crippen LogP contribution >= 0.6 is 11.3 Å². The molecule has 5 nitrogen and oxygen atoms in total. The van der Waals surface area contributed by atoms with Crippen molar-refractivity contribution >= 4 is 17.2 Å². The van der Waals surface area contributed by atoms with E-state index in [1.165, 1.54) is 23.5 Å². The lowest BCUT2D eigenvalue weighted by molar-refractivity contribution is 0.0937. The van der Waals surface area contributed by atoms with Crippen LogP contribution in [0.15, 0.2) is 29.6 Å². The molecule has 3 N–H and O–H groups in total. The molecule has 2 aromatic rings. The number of thiazole rings is 1. The van der Waals surface area contributed by atoms with Gasteiger partial charge in [-0.3, -0.25) is 4.79 Å². The van der Waals surface area contributed by atoms with Crippen molar-refractivity contribution in [2.45, 2.75) is 12.6 Å². The third-order valence-corrected chi connectivity index (χ3v) is 4.14. The summed E-state index contributed by atoms with van der Waals surface area (Å²) in [4.78, 5) is 18.2. The highest BCUT2D eigenvalue weighted by Crippen LogP contribution is 2.18. The molecule has 0 fully saturated rings. The van der Waals surface area contributed by atoms with Crippen molar-refractivity contribution in [2.75, 3.05) is 20.6 Å². The number of carbonyl (C=O) groups is 1. The van der Waals surface area contributed by atoms with Gasteiger partial charge in [0, 0.05) is 18.5 Å². The standard InChI is InChI=1S/C15H19FN4OS/c1-20(2)13(10-4-3-5-11(16)6-10)8-18-15(21)12-9-22-14(7-17)19-12/h3-6,9,13H,7-8,17H2,1-2H3,(H,18,21). The molecule has 7 heteroatoms. The Balaban J connectivity index is 2.04. The summed E-state index contributed by atoms with van der Waals surface area (Å²) in [5, 5.41) is 5.24. The van der Waals surface area contributed by atoms with Gasteiger partial charge in [0.15, 0.2) is 0 Å². The lowest BCUT2D eigenvalue weighted by atomic mass is 10.1. The SMILES string of the molecule is CN(C)C(CNC(=O)c1csc(CN)n1)c1cccc(F)c1. The molecular weight excluding hydrogens is 303 g/mol. The van der Waals surface area contributed by atoms with Gasteiger partial charge in [0.2, 0.25) is 0 Å². The molecule has 0 aliphatic rings. The van der Waals surface area contributed by atoms with Gasteiger partial charge in [0.25, 0.3) is 5.91 Å². The zero-order valence-corrected chi connectivity index (χ0v) is 13.4. The molecule has 1 unspecified atom stereocenters. The Morgan fingerprint density at radius 2 is 2.27 bits per heavy atom. The number of likely N-dealkylation sites (N-methyl/N-ethyl adjacent to an activating group) is 1. The van der Waals surface area contributed by atoms with Gasteiger partial charge in [0.1, 0.15) is 16.5 Å². The van der Waals surface area contributed by atoms with Crippen molar-refractivity contribution in [1.82, 2.24) is 15.2 Å². The van der Waals surface area contributed by atoms with Gasteiger partial charge in [-0.05, 0) is 31.8 Å². The van der Waals surface area contributed by atoms with Crippen molar-refractivity contribution in [3.8, 4) is 0 Å². The zero-order valence-electron chi connectivity index (χ0n) is 12.5. The molecule has 1 aromatic heterocycles. The third-order valence-electron chi connectivity index (χ3n) is 3.27. The van der Waals surface area contributed by atoms with E-state index in [9.17, 15) is 9.18 Å². The minimum absolute atomic E-state index is 0.118. The van der Waals surface area contributed by atoms with E-state index in [1.54, 1.807) is 11.4 Å². The summed E-state index contributed by atoms with van der Waals surface area (Å²) in [5.41, 5.74) is 6.66. The summed E-state index contributed by atoms with van der Waals surface area (Å²) >= 11 is 1.36. The number of benzene rings is 1. The number of halogens is 1. The number of nitrogens with two attached hydrogens (primary N) is 1. The van der Waals surface area contributed by atoms with Gasteiger partial charge in [-0.1, -0.05) is 12.1 Å². The van der Waals surface area contributed by atoms with E-state index in [2.05, 4.69) is 10.3 Å². The van der Waals surface area contributed by atoms with Crippen LogP contribution in [0.2, 0.25) is 0 Å². The predicted octanol–water partition coefficient (Wildman–Crippen LogP) is 1.77. The van der Waals surface area contributed by atoms with E-state index in [0.29, 0.717) is 18.8 Å². The summed E-state index contributed by atoms with van der Waals surface area (Å²) < 4.78 is 13.4. The first kappa shape index (κ1) is 16.5. The second kappa shape index (κ2) is 7.44. The molecule has 0 spiro atoms. The third kappa shape index (κ3) is 4.09. The number of hydrogen-bond donors (Lipinski definition) is 2. The Morgan fingerprint density at radius 1 is 1.50 bits per heavy atom. The smallest absolute Gasteiger partial charge is 0.270 e. The highest BCUT2D eigenvalue weighted by molar-refractivity contribution is 7.09. The van der Waals surface area contributed by atoms with Crippen molar-refractivity contribution in [1.29, 1.82) is 0 Å². The van der Waals surface area contributed by atoms with Gasteiger partial charge >= 0.3 is 0 Å². The monoisotopic (exact) mass is 322 g/mol. The van der Waals surface area contributed by atoms with E-state index in [4.69, 9.17) is 5.73 Å². The number of aromatic nitrogens is 1. The summed E-state index contributed by atoms with van der Waals surface area (Å²) in [6.45, 7) is 0.687. The number of nitrogens with zero attached hydrogens (tertiary/aromatic N) is 2. The normalized spacial score (nSPS) is 12.4. The fourth-order valence-corrected chi connectivity index (χ4v) is 2.76. The summed E-state index contributed by atoms with van der Waals surface area (Å²) in [6, 6.07) is 6.27. The van der Waals surface area contributed by atoms with E-state index in [0.717, 1.165) is 10.6 Å². The maximum absolute atomic E-state index is 13.4. The molecule has 0 saturated heterocycles. The van der Waals surface area contributed by atoms with Crippen LogP contribution in [0.25, 0.3) is 0 Å². The van der Waals surface area contributed by atoms with Crippen LogP contribution in [0.4, 0.5) is 4.39 Å². The summed E-state index contributed by atoms with van der Waals surface area (Å²) in [5.74, 6) is -0.540. The molecule has 0 aliphatic carbocycles. The Hall–Kier alpha value is -1.83. The molecule has 1 heterocycles. The minimum atomic E-state index is -0.289. The maximum Gasteiger partial charge on any atom is 0.270 e. The summed E-state index contributed by atoms with van der Waals surface area (Å²) in [6.07, 6.45) is 0. The van der Waals surface area contributed by atoms with E-state index in [-0.39, 0.29) is 17.8 Å². The number of amides is 1. The van der Waals surface area contributed by atoms with Gasteiger partial charge < -0.3 is 16.0 Å². The van der Waals surface area contributed by atoms with E-state index >= 15 is 0 Å². The Bertz CT molecular complexity index is 644. The van der Waals surface area contributed by atoms with Crippen LogP contribution in [0.1, 0.15) is 27.1 Å². The lowest BCUT2D eigenvalue weighted by Crippen LogP contribution is -2.34. The molecule has 2 rings (SSSR count). The molecule has 0 radical (unpaired) electrons. The molecule has 0 saturated carbocycles. The van der Waals surface area contributed by atoms with Gasteiger partial charge in [-0.25, -0.2) is 9.37 Å². The topological polar surface area (TPSA) is 71.2 Å². The second-order valence-corrected chi connectivity index (χ2v) is 6.02. The Kier molecular flexibility index (Phi) is 5.59. The highest BCUT2D eigenvalue weighted by atomic mass is 32.1. The number of nitrogens with one attached hydrogen (secondary N) is 1. The van der Waals surface area contributed by atoms with Crippen molar-refractivity contribution < 1.29 is 9.18 Å². The molecule has 0 aliphatic heterocycles. The largest absolute Gasteiger partial charge is 0.349 e. The van der Waals surface area contributed by atoms with Gasteiger partial charge in [0.05, 0.1) is 6.04 Å². The minimum Gasteiger partial charge on any atom is -0.349 e. The first-order valence-electron chi connectivity index (χ1n) is 6.86. The average molecular weight is 322 g/mol. The second-order valence-electron chi connectivity index (χ2n) is 5.08. The van der Waals surface area contributed by atoms with Crippen molar-refractivity contribution in [3.05, 3.63) is 51.7 Å². The van der Waals surface area contributed by atoms with E-state index in [1.807, 2.05) is 25.1 Å². The van der Waals surface area contributed by atoms with Crippen molar-refractivity contribution in [3.63, 3.8) is 0 Å². The van der Waals surface area contributed by atoms with Crippen LogP contribution in [0, 0.1) is 5.82 Å². The molecule has 1 atom stereocenters. The van der Waals surface area contributed by atoms with Crippen molar-refractivity contribution in [2.24, 2.45) is 5.73 Å². The van der Waals surface area contributed by atoms with Gasteiger partial charge in [-0.15, -0.1) is 11.3 Å². The lowest BCUT2D eigenvalue weighted by Gasteiger charge is -2.25. The van der Waals surface area contributed by atoms with Crippen LogP contribution in [-0.2, 0) is 6.54 Å². The average Bonchev–Trinajstić information content (AvgIpc) is 2.96. The highest BCUT2D eigenvalue weighted by Gasteiger charge is 2.17. The van der Waals surface area contributed by atoms with Crippen LogP contribution in [0.5, 0.6) is 0 Å². The first-order valence-corrected chi connectivity index (χ1v) is 7.73.